The van der Waals surface area contributed by atoms with E-state index in [0.29, 0.717) is 6.04 Å². The number of hydrogen-bond acceptors (Lipinski definition) is 2. The first-order valence-corrected chi connectivity index (χ1v) is 4.40. The molecule has 0 rings (SSSR count). The van der Waals surface area contributed by atoms with Gasteiger partial charge in [0.1, 0.15) is 0 Å². The summed E-state index contributed by atoms with van der Waals surface area (Å²) in [4.78, 5) is 0. The van der Waals surface area contributed by atoms with Gasteiger partial charge in [0.25, 0.3) is 0 Å². The van der Waals surface area contributed by atoms with Crippen molar-refractivity contribution in [1.82, 2.24) is 5.32 Å². The van der Waals surface area contributed by atoms with Crippen LogP contribution in [-0.2, 0) is 0 Å². The third-order valence-corrected chi connectivity index (χ3v) is 1.70. The molecule has 0 saturated carbocycles. The highest BCUT2D eigenvalue weighted by atomic mass is 16.3. The lowest BCUT2D eigenvalue weighted by molar-refractivity contribution is 0.334. The van der Waals surface area contributed by atoms with Gasteiger partial charge in [-0.15, -0.1) is 0 Å². The molecule has 2 nitrogen and oxygen atoms in total. The Balaban J connectivity index is 4.01. The molecule has 2 heteroatoms. The van der Waals surface area contributed by atoms with Crippen molar-refractivity contribution in [3.05, 3.63) is 23.8 Å². The normalized spacial score (nSPS) is 15.5. The van der Waals surface area contributed by atoms with E-state index in [1.165, 1.54) is 0 Å². The molecule has 0 aliphatic heterocycles. The molecule has 0 radical (unpaired) electrons. The second-order valence-electron chi connectivity index (χ2n) is 2.78. The molecule has 0 bridgehead atoms. The number of aliphatic hydroxyl groups is 1. The van der Waals surface area contributed by atoms with Gasteiger partial charge in [0.2, 0.25) is 0 Å². The minimum absolute atomic E-state index is 0.126. The monoisotopic (exact) mass is 169 g/mol. The van der Waals surface area contributed by atoms with Crippen LogP contribution in [0.4, 0.5) is 0 Å². The van der Waals surface area contributed by atoms with Gasteiger partial charge in [0.05, 0.1) is 6.61 Å². The van der Waals surface area contributed by atoms with E-state index >= 15 is 0 Å². The lowest BCUT2D eigenvalue weighted by atomic mass is 10.2. The summed E-state index contributed by atoms with van der Waals surface area (Å²) in [6.07, 6.45) is 7.00. The summed E-state index contributed by atoms with van der Waals surface area (Å²) in [5, 5.41) is 12.0. The van der Waals surface area contributed by atoms with E-state index in [-0.39, 0.29) is 6.61 Å². The van der Waals surface area contributed by atoms with Crippen molar-refractivity contribution < 1.29 is 5.11 Å². The Kier molecular flexibility index (Phi) is 6.72. The van der Waals surface area contributed by atoms with Crippen LogP contribution in [0.2, 0.25) is 0 Å². The maximum absolute atomic E-state index is 8.90. The van der Waals surface area contributed by atoms with Gasteiger partial charge in [0.15, 0.2) is 0 Å². The lowest BCUT2D eigenvalue weighted by Gasteiger charge is -2.02. The minimum atomic E-state index is 0.126. The summed E-state index contributed by atoms with van der Waals surface area (Å²) < 4.78 is 0. The molecule has 1 unspecified atom stereocenters. The van der Waals surface area contributed by atoms with Crippen molar-refractivity contribution in [2.75, 3.05) is 13.7 Å². The zero-order valence-electron chi connectivity index (χ0n) is 8.17. The van der Waals surface area contributed by atoms with Crippen LogP contribution in [0.25, 0.3) is 0 Å². The Hall–Kier alpha value is -0.600. The number of likely N-dealkylation sites (N-methyl/N-ethyl adjacent to an activating group) is 1. The molecule has 2 N–H and O–H groups in total. The number of allylic oxidation sites excluding steroid dienone is 1. The van der Waals surface area contributed by atoms with E-state index < -0.39 is 0 Å². The molecule has 0 aliphatic rings. The van der Waals surface area contributed by atoms with Crippen LogP contribution in [-0.4, -0.2) is 24.8 Å². The highest BCUT2D eigenvalue weighted by Gasteiger charge is 1.91. The summed E-state index contributed by atoms with van der Waals surface area (Å²) in [6, 6.07) is 0.358. The van der Waals surface area contributed by atoms with Crippen molar-refractivity contribution in [3.63, 3.8) is 0 Å². The Labute approximate surface area is 75.0 Å². The summed E-state index contributed by atoms with van der Waals surface area (Å²) in [5.41, 5.74) is 0.986. The van der Waals surface area contributed by atoms with Gasteiger partial charge in [0, 0.05) is 6.04 Å². The Bertz CT molecular complexity index is 161. The van der Waals surface area contributed by atoms with Crippen LogP contribution in [0.5, 0.6) is 0 Å². The van der Waals surface area contributed by atoms with Gasteiger partial charge < -0.3 is 10.4 Å². The third-order valence-electron chi connectivity index (χ3n) is 1.70. The molecule has 0 aromatic rings. The third kappa shape index (κ3) is 5.10. The zero-order chi connectivity index (χ0) is 9.40. The second kappa shape index (κ2) is 7.07. The standard InChI is InChI=1S/C10H19NO/c1-4-5-10(8-12)7-6-9(2)11-3/h5-7,9,11-12H,4,8H2,1-3H3/b7-6-,10-5+. The SMILES string of the molecule is CC/C=C(\C=C/C(C)NC)CO. The van der Waals surface area contributed by atoms with E-state index in [1.807, 2.05) is 25.3 Å². The maximum atomic E-state index is 8.90. The molecule has 0 fully saturated rings. The molecule has 70 valence electrons. The van der Waals surface area contributed by atoms with Crippen LogP contribution in [0, 0.1) is 0 Å². The van der Waals surface area contributed by atoms with Crippen molar-refractivity contribution in [2.24, 2.45) is 0 Å². The fourth-order valence-electron chi connectivity index (χ4n) is 0.812. The van der Waals surface area contributed by atoms with Crippen LogP contribution in [0.1, 0.15) is 20.3 Å². The molecular formula is C10H19NO. The van der Waals surface area contributed by atoms with E-state index in [9.17, 15) is 0 Å². The van der Waals surface area contributed by atoms with E-state index in [2.05, 4.69) is 19.2 Å². The highest BCUT2D eigenvalue weighted by Crippen LogP contribution is 1.98. The summed E-state index contributed by atoms with van der Waals surface area (Å²) in [5.74, 6) is 0. The number of aliphatic hydroxyl groups excluding tert-OH is 1. The van der Waals surface area contributed by atoms with Gasteiger partial charge in [-0.2, -0.15) is 0 Å². The summed E-state index contributed by atoms with van der Waals surface area (Å²) in [6.45, 7) is 4.25. The van der Waals surface area contributed by atoms with Crippen molar-refractivity contribution in [1.29, 1.82) is 0 Å². The van der Waals surface area contributed by atoms with Crippen molar-refractivity contribution in [3.8, 4) is 0 Å². The molecule has 1 atom stereocenters. The predicted molar refractivity (Wildman–Crippen MR) is 53.1 cm³/mol. The molecule has 0 spiro atoms. The van der Waals surface area contributed by atoms with Gasteiger partial charge in [-0.25, -0.2) is 0 Å². The lowest BCUT2D eigenvalue weighted by Crippen LogP contribution is -2.17. The molecule has 0 aliphatic carbocycles. The fraction of sp³-hybridized carbons (Fsp3) is 0.600. The van der Waals surface area contributed by atoms with E-state index in [0.717, 1.165) is 12.0 Å². The first-order valence-electron chi connectivity index (χ1n) is 4.40. The summed E-state index contributed by atoms with van der Waals surface area (Å²) in [7, 11) is 1.91. The van der Waals surface area contributed by atoms with Crippen molar-refractivity contribution >= 4 is 0 Å². The molecule has 0 aromatic carbocycles. The van der Waals surface area contributed by atoms with Gasteiger partial charge in [-0.05, 0) is 26.0 Å². The number of hydrogen-bond donors (Lipinski definition) is 2. The summed E-state index contributed by atoms with van der Waals surface area (Å²) >= 11 is 0. The van der Waals surface area contributed by atoms with E-state index in [4.69, 9.17) is 5.11 Å². The van der Waals surface area contributed by atoms with Crippen LogP contribution < -0.4 is 5.32 Å². The van der Waals surface area contributed by atoms with Crippen LogP contribution >= 0.6 is 0 Å². The topological polar surface area (TPSA) is 32.3 Å². The maximum Gasteiger partial charge on any atom is 0.0678 e. The van der Waals surface area contributed by atoms with Gasteiger partial charge in [-0.3, -0.25) is 0 Å². The first-order chi connectivity index (χ1) is 5.74. The molecule has 0 aromatic heterocycles. The highest BCUT2D eigenvalue weighted by molar-refractivity contribution is 5.19. The first kappa shape index (κ1) is 11.4. The van der Waals surface area contributed by atoms with Gasteiger partial charge >= 0.3 is 0 Å². The molecule has 0 saturated heterocycles. The fourth-order valence-corrected chi connectivity index (χ4v) is 0.812. The average Bonchev–Trinajstić information content (AvgIpc) is 2.11. The average molecular weight is 169 g/mol. The zero-order valence-corrected chi connectivity index (χ0v) is 8.17. The van der Waals surface area contributed by atoms with Crippen LogP contribution in [0.3, 0.4) is 0 Å². The van der Waals surface area contributed by atoms with E-state index in [1.54, 1.807) is 0 Å². The number of nitrogens with one attached hydrogen (secondary N) is 1. The smallest absolute Gasteiger partial charge is 0.0678 e. The van der Waals surface area contributed by atoms with Crippen molar-refractivity contribution in [2.45, 2.75) is 26.3 Å². The quantitative estimate of drug-likeness (QED) is 0.611. The Morgan fingerprint density at radius 2 is 2.25 bits per heavy atom. The van der Waals surface area contributed by atoms with Crippen LogP contribution in [0.15, 0.2) is 23.8 Å². The second-order valence-corrected chi connectivity index (χ2v) is 2.78. The molecular weight excluding hydrogens is 150 g/mol. The molecule has 12 heavy (non-hydrogen) atoms. The van der Waals surface area contributed by atoms with Gasteiger partial charge in [-0.1, -0.05) is 25.2 Å². The Morgan fingerprint density at radius 1 is 1.58 bits per heavy atom. The number of rotatable bonds is 5. The minimum Gasteiger partial charge on any atom is -0.392 e. The Morgan fingerprint density at radius 3 is 2.67 bits per heavy atom. The molecule has 0 heterocycles. The largest absolute Gasteiger partial charge is 0.392 e. The molecule has 0 amide bonds. The predicted octanol–water partition coefficient (Wildman–Crippen LogP) is 1.48.